The zero-order chi connectivity index (χ0) is 19.7. The normalized spacial score (nSPS) is 17.2. The monoisotopic (exact) mass is 371 g/mol. The van der Waals surface area contributed by atoms with Crippen LogP contribution in [-0.4, -0.2) is 51.9 Å². The van der Waals surface area contributed by atoms with Gasteiger partial charge in [0.15, 0.2) is 0 Å². The molecular formula is C22H29NO4. The highest BCUT2D eigenvalue weighted by atomic mass is 16.4. The van der Waals surface area contributed by atoms with E-state index in [1.54, 1.807) is 60.7 Å². The van der Waals surface area contributed by atoms with Crippen LogP contribution >= 0.6 is 0 Å². The smallest absolute Gasteiger partial charge is 0.345 e. The van der Waals surface area contributed by atoms with Crippen molar-refractivity contribution < 1.29 is 20.1 Å². The van der Waals surface area contributed by atoms with Gasteiger partial charge in [0.05, 0.1) is 6.61 Å². The van der Waals surface area contributed by atoms with E-state index in [0.29, 0.717) is 23.8 Å². The highest BCUT2D eigenvalue weighted by Gasteiger charge is 2.39. The molecular weight excluding hydrogens is 342 g/mol. The SMILES string of the molecule is CCCN1CCCC1CO.O=C(O)C(O)(c1ccccc1)c1ccccc1. The summed E-state index contributed by atoms with van der Waals surface area (Å²) in [6, 6.07) is 17.2. The van der Waals surface area contributed by atoms with Gasteiger partial charge in [0.2, 0.25) is 5.60 Å². The predicted octanol–water partition coefficient (Wildman–Crippen LogP) is 2.86. The molecule has 146 valence electrons. The quantitative estimate of drug-likeness (QED) is 0.727. The molecule has 1 aliphatic rings. The summed E-state index contributed by atoms with van der Waals surface area (Å²) in [4.78, 5) is 13.8. The van der Waals surface area contributed by atoms with Crippen molar-refractivity contribution in [2.75, 3.05) is 19.7 Å². The van der Waals surface area contributed by atoms with Gasteiger partial charge in [-0.1, -0.05) is 67.6 Å². The second kappa shape index (κ2) is 10.2. The van der Waals surface area contributed by atoms with Gasteiger partial charge in [0.25, 0.3) is 0 Å². The Morgan fingerprint density at radius 2 is 1.59 bits per heavy atom. The number of nitrogens with zero attached hydrogens (tertiary/aromatic N) is 1. The van der Waals surface area contributed by atoms with Crippen LogP contribution in [0.15, 0.2) is 60.7 Å². The number of carboxylic acid groups (broad SMARTS) is 1. The summed E-state index contributed by atoms with van der Waals surface area (Å²) in [6.45, 7) is 4.89. The Balaban J connectivity index is 0.000000223. The van der Waals surface area contributed by atoms with Crippen LogP contribution in [0.2, 0.25) is 0 Å². The van der Waals surface area contributed by atoms with Crippen molar-refractivity contribution in [2.24, 2.45) is 0 Å². The van der Waals surface area contributed by atoms with Gasteiger partial charge < -0.3 is 15.3 Å². The third-order valence-corrected chi connectivity index (χ3v) is 4.91. The van der Waals surface area contributed by atoms with Crippen LogP contribution in [0.25, 0.3) is 0 Å². The van der Waals surface area contributed by atoms with Crippen molar-refractivity contribution in [1.82, 2.24) is 4.90 Å². The van der Waals surface area contributed by atoms with E-state index in [2.05, 4.69) is 11.8 Å². The van der Waals surface area contributed by atoms with Crippen molar-refractivity contribution >= 4 is 5.97 Å². The van der Waals surface area contributed by atoms with E-state index in [1.165, 1.54) is 25.8 Å². The van der Waals surface area contributed by atoms with Crippen LogP contribution < -0.4 is 0 Å². The van der Waals surface area contributed by atoms with E-state index in [9.17, 15) is 15.0 Å². The molecule has 2 aromatic carbocycles. The minimum atomic E-state index is -2.00. The lowest BCUT2D eigenvalue weighted by Crippen LogP contribution is -2.36. The number of benzene rings is 2. The number of rotatable bonds is 6. The lowest BCUT2D eigenvalue weighted by atomic mass is 9.86. The Kier molecular flexibility index (Phi) is 7.98. The number of aliphatic carboxylic acids is 1. The molecule has 0 saturated carbocycles. The molecule has 27 heavy (non-hydrogen) atoms. The van der Waals surface area contributed by atoms with E-state index in [-0.39, 0.29) is 0 Å². The van der Waals surface area contributed by atoms with Gasteiger partial charge in [-0.3, -0.25) is 4.90 Å². The topological polar surface area (TPSA) is 81.0 Å². The van der Waals surface area contributed by atoms with Gasteiger partial charge in [-0.05, 0) is 43.5 Å². The van der Waals surface area contributed by atoms with E-state index in [0.717, 1.165) is 6.54 Å². The first-order valence-electron chi connectivity index (χ1n) is 9.45. The molecule has 0 aliphatic carbocycles. The van der Waals surface area contributed by atoms with Crippen LogP contribution in [0.5, 0.6) is 0 Å². The lowest BCUT2D eigenvalue weighted by molar-refractivity contribution is -0.155. The Morgan fingerprint density at radius 1 is 1.07 bits per heavy atom. The molecule has 5 heteroatoms. The van der Waals surface area contributed by atoms with E-state index < -0.39 is 11.6 Å². The maximum atomic E-state index is 11.4. The van der Waals surface area contributed by atoms with Gasteiger partial charge in [0.1, 0.15) is 0 Å². The first-order valence-corrected chi connectivity index (χ1v) is 9.45. The third kappa shape index (κ3) is 5.16. The molecule has 0 bridgehead atoms. The summed E-state index contributed by atoms with van der Waals surface area (Å²) in [5.74, 6) is -1.28. The minimum absolute atomic E-state index is 0.346. The van der Waals surface area contributed by atoms with Gasteiger partial charge in [-0.15, -0.1) is 0 Å². The van der Waals surface area contributed by atoms with E-state index >= 15 is 0 Å². The average molecular weight is 371 g/mol. The molecule has 0 radical (unpaired) electrons. The third-order valence-electron chi connectivity index (χ3n) is 4.91. The highest BCUT2D eigenvalue weighted by Crippen LogP contribution is 2.29. The summed E-state index contributed by atoms with van der Waals surface area (Å²) in [5, 5.41) is 28.6. The molecule has 3 N–H and O–H groups in total. The molecule has 5 nitrogen and oxygen atoms in total. The fourth-order valence-corrected chi connectivity index (χ4v) is 3.46. The molecule has 2 aromatic rings. The van der Waals surface area contributed by atoms with Gasteiger partial charge in [-0.25, -0.2) is 4.79 Å². The van der Waals surface area contributed by atoms with Crippen molar-refractivity contribution in [3.63, 3.8) is 0 Å². The Hall–Kier alpha value is -2.21. The maximum absolute atomic E-state index is 11.4. The molecule has 0 spiro atoms. The Labute approximate surface area is 160 Å². The Morgan fingerprint density at radius 3 is 2.00 bits per heavy atom. The van der Waals surface area contributed by atoms with Crippen molar-refractivity contribution in [2.45, 2.75) is 37.8 Å². The predicted molar refractivity (Wildman–Crippen MR) is 105 cm³/mol. The van der Waals surface area contributed by atoms with Crippen molar-refractivity contribution in [3.05, 3.63) is 71.8 Å². The highest BCUT2D eigenvalue weighted by molar-refractivity contribution is 5.83. The summed E-state index contributed by atoms with van der Waals surface area (Å²) in [6.07, 6.45) is 3.66. The second-order valence-corrected chi connectivity index (χ2v) is 6.76. The molecule has 3 rings (SSSR count). The summed E-state index contributed by atoms with van der Waals surface area (Å²) >= 11 is 0. The number of carboxylic acids is 1. The van der Waals surface area contributed by atoms with E-state index in [4.69, 9.17) is 5.11 Å². The van der Waals surface area contributed by atoms with Gasteiger partial charge in [0, 0.05) is 6.04 Å². The Bertz CT molecular complexity index is 650. The molecule has 0 amide bonds. The number of hydrogen-bond acceptors (Lipinski definition) is 4. The first-order chi connectivity index (χ1) is 13.0. The van der Waals surface area contributed by atoms with Crippen LogP contribution in [0.4, 0.5) is 0 Å². The average Bonchev–Trinajstić information content (AvgIpc) is 3.16. The zero-order valence-corrected chi connectivity index (χ0v) is 15.8. The number of hydrogen-bond donors (Lipinski definition) is 3. The number of aliphatic hydroxyl groups is 2. The van der Waals surface area contributed by atoms with Crippen molar-refractivity contribution in [3.8, 4) is 0 Å². The lowest BCUT2D eigenvalue weighted by Gasteiger charge is -2.24. The first kappa shape index (κ1) is 21.1. The summed E-state index contributed by atoms with van der Waals surface area (Å²) < 4.78 is 0. The number of aliphatic hydroxyl groups excluding tert-OH is 1. The fourth-order valence-electron chi connectivity index (χ4n) is 3.46. The molecule has 1 fully saturated rings. The molecule has 0 aromatic heterocycles. The minimum Gasteiger partial charge on any atom is -0.479 e. The number of likely N-dealkylation sites (tertiary alicyclic amines) is 1. The van der Waals surface area contributed by atoms with Gasteiger partial charge >= 0.3 is 5.97 Å². The summed E-state index contributed by atoms with van der Waals surface area (Å²) in [7, 11) is 0. The summed E-state index contributed by atoms with van der Waals surface area (Å²) in [5.41, 5.74) is -1.31. The van der Waals surface area contributed by atoms with Crippen LogP contribution in [0, 0.1) is 0 Å². The van der Waals surface area contributed by atoms with Crippen LogP contribution in [0.3, 0.4) is 0 Å². The second-order valence-electron chi connectivity index (χ2n) is 6.76. The molecule has 1 unspecified atom stereocenters. The zero-order valence-electron chi connectivity index (χ0n) is 15.8. The van der Waals surface area contributed by atoms with E-state index in [1.807, 2.05) is 0 Å². The molecule has 1 atom stereocenters. The van der Waals surface area contributed by atoms with Crippen molar-refractivity contribution in [1.29, 1.82) is 0 Å². The van der Waals surface area contributed by atoms with Crippen LogP contribution in [-0.2, 0) is 10.4 Å². The number of carbonyl (C=O) groups is 1. The molecule has 1 heterocycles. The van der Waals surface area contributed by atoms with Gasteiger partial charge in [-0.2, -0.15) is 0 Å². The maximum Gasteiger partial charge on any atom is 0.345 e. The standard InChI is InChI=1S/C14H12O3.C8H17NO/c15-13(16)14(17,11-7-3-1-4-8-11)12-9-5-2-6-10-12;1-2-5-9-6-3-4-8(9)7-10/h1-10,17H,(H,15,16);8,10H,2-7H2,1H3. The molecule has 1 aliphatic heterocycles. The largest absolute Gasteiger partial charge is 0.479 e. The fraction of sp³-hybridized carbons (Fsp3) is 0.409. The molecule has 1 saturated heterocycles. The van der Waals surface area contributed by atoms with Crippen LogP contribution in [0.1, 0.15) is 37.3 Å².